The van der Waals surface area contributed by atoms with Gasteiger partial charge in [-0.05, 0) is 60.0 Å². The number of nitrogens with one attached hydrogen (secondary N) is 1. The number of para-hydroxylation sites is 1. The van der Waals surface area contributed by atoms with Crippen LogP contribution in [-0.2, 0) is 16.0 Å². The number of carbonyl (C=O) groups excluding carboxylic acids is 2. The molecule has 0 saturated carbocycles. The summed E-state index contributed by atoms with van der Waals surface area (Å²) in [6.07, 6.45) is 2.44. The van der Waals surface area contributed by atoms with Crippen molar-refractivity contribution in [1.29, 1.82) is 0 Å². The van der Waals surface area contributed by atoms with Gasteiger partial charge >= 0.3 is 0 Å². The molecule has 2 amide bonds. The van der Waals surface area contributed by atoms with E-state index in [1.54, 1.807) is 11.0 Å². The summed E-state index contributed by atoms with van der Waals surface area (Å²) in [6.45, 7) is 0.511. The first-order chi connectivity index (χ1) is 16.5. The number of rotatable bonds is 6. The summed E-state index contributed by atoms with van der Waals surface area (Å²) in [6, 6.07) is 23.0. The zero-order valence-electron chi connectivity index (χ0n) is 18.0. The van der Waals surface area contributed by atoms with Crippen molar-refractivity contribution < 1.29 is 19.1 Å². The van der Waals surface area contributed by atoms with Crippen LogP contribution in [0.25, 0.3) is 6.08 Å². The van der Waals surface area contributed by atoms with Gasteiger partial charge in [0, 0.05) is 6.54 Å². The van der Waals surface area contributed by atoms with Crippen molar-refractivity contribution in [3.8, 4) is 17.2 Å². The lowest BCUT2D eigenvalue weighted by atomic mass is 10.1. The number of amides is 2. The summed E-state index contributed by atoms with van der Waals surface area (Å²) in [5.74, 6) is 1.88. The van der Waals surface area contributed by atoms with E-state index < -0.39 is 0 Å². The van der Waals surface area contributed by atoms with Gasteiger partial charge in [-0.1, -0.05) is 60.4 Å². The highest BCUT2D eigenvalue weighted by Gasteiger charge is 2.26. The first-order valence-electron chi connectivity index (χ1n) is 10.7. The second kappa shape index (κ2) is 9.70. The molecule has 2 aliphatic rings. The van der Waals surface area contributed by atoms with Crippen LogP contribution in [0.5, 0.6) is 17.2 Å². The predicted octanol–water partition coefficient (Wildman–Crippen LogP) is 4.94. The molecule has 3 aromatic carbocycles. The molecule has 0 unspecified atom stereocenters. The Hall–Kier alpha value is -3.62. The number of anilines is 1. The molecule has 3 aromatic rings. The second-order valence-corrected chi connectivity index (χ2v) is 9.44. The second-order valence-electron chi connectivity index (χ2n) is 7.72. The summed E-state index contributed by atoms with van der Waals surface area (Å²) in [5, 5.41) is 2.61. The fourth-order valence-electron chi connectivity index (χ4n) is 3.72. The zero-order valence-corrected chi connectivity index (χ0v) is 19.7. The summed E-state index contributed by atoms with van der Waals surface area (Å²) in [5.41, 5.74) is 2.58. The van der Waals surface area contributed by atoms with Crippen LogP contribution >= 0.6 is 24.0 Å². The van der Waals surface area contributed by atoms with Crippen LogP contribution < -0.4 is 19.7 Å². The van der Waals surface area contributed by atoms with Crippen LogP contribution in [0.3, 0.4) is 0 Å². The minimum atomic E-state index is -0.211. The average Bonchev–Trinajstić information content (AvgIpc) is 3.16. The molecule has 0 spiro atoms. The maximum Gasteiger partial charge on any atom is 0.265 e. The van der Waals surface area contributed by atoms with Gasteiger partial charge in [-0.25, -0.2) is 0 Å². The van der Waals surface area contributed by atoms with Crippen molar-refractivity contribution in [3.05, 3.63) is 88.8 Å². The van der Waals surface area contributed by atoms with E-state index in [2.05, 4.69) is 5.32 Å². The van der Waals surface area contributed by atoms with Gasteiger partial charge in [0.05, 0.1) is 10.6 Å². The highest BCUT2D eigenvalue weighted by molar-refractivity contribution is 8.26. The maximum absolute atomic E-state index is 12.7. The highest BCUT2D eigenvalue weighted by Crippen LogP contribution is 2.35. The zero-order chi connectivity index (χ0) is 23.5. The number of benzene rings is 3. The van der Waals surface area contributed by atoms with Crippen LogP contribution in [0.1, 0.15) is 11.1 Å². The first kappa shape index (κ1) is 22.2. The predicted molar refractivity (Wildman–Crippen MR) is 137 cm³/mol. The lowest BCUT2D eigenvalue weighted by Gasteiger charge is -2.29. The molecule has 0 aliphatic carbocycles. The molecule has 170 valence electrons. The molecule has 2 heterocycles. The molecule has 5 rings (SSSR count). The van der Waals surface area contributed by atoms with Gasteiger partial charge in [0.2, 0.25) is 0 Å². The molecule has 8 heteroatoms. The van der Waals surface area contributed by atoms with Gasteiger partial charge in [-0.3, -0.25) is 9.59 Å². The quantitative estimate of drug-likeness (QED) is 0.392. The van der Waals surface area contributed by atoms with E-state index in [4.69, 9.17) is 21.7 Å². The molecule has 0 aromatic heterocycles. The molecule has 34 heavy (non-hydrogen) atoms. The van der Waals surface area contributed by atoms with Crippen molar-refractivity contribution in [1.82, 2.24) is 5.32 Å². The van der Waals surface area contributed by atoms with E-state index in [0.717, 1.165) is 22.6 Å². The Morgan fingerprint density at radius 3 is 2.53 bits per heavy atom. The van der Waals surface area contributed by atoms with Crippen LogP contribution in [0.15, 0.2) is 77.7 Å². The van der Waals surface area contributed by atoms with Crippen LogP contribution in [-0.4, -0.2) is 29.3 Å². The van der Waals surface area contributed by atoms with E-state index in [9.17, 15) is 9.59 Å². The van der Waals surface area contributed by atoms with E-state index in [-0.39, 0.29) is 18.4 Å². The normalized spacial score (nSPS) is 16.3. The molecule has 1 saturated heterocycles. The summed E-state index contributed by atoms with van der Waals surface area (Å²) < 4.78 is 11.9. The van der Waals surface area contributed by atoms with E-state index in [1.807, 2.05) is 72.8 Å². The van der Waals surface area contributed by atoms with Crippen molar-refractivity contribution in [3.63, 3.8) is 0 Å². The maximum atomic E-state index is 12.7. The fraction of sp³-hybridized carbons (Fsp3) is 0.115. The fourth-order valence-corrected chi connectivity index (χ4v) is 4.76. The van der Waals surface area contributed by atoms with Crippen LogP contribution in [0.2, 0.25) is 0 Å². The van der Waals surface area contributed by atoms with Gasteiger partial charge in [-0.2, -0.15) is 0 Å². The molecule has 2 aliphatic heterocycles. The third-order valence-corrected chi connectivity index (χ3v) is 6.55. The Morgan fingerprint density at radius 1 is 1.03 bits per heavy atom. The lowest BCUT2D eigenvalue weighted by Crippen LogP contribution is -2.40. The van der Waals surface area contributed by atoms with Gasteiger partial charge in [-0.15, -0.1) is 0 Å². The molecule has 0 atom stereocenters. The van der Waals surface area contributed by atoms with E-state index >= 15 is 0 Å². The van der Waals surface area contributed by atoms with Crippen LogP contribution in [0.4, 0.5) is 5.69 Å². The van der Waals surface area contributed by atoms with Gasteiger partial charge in [0.15, 0.2) is 6.61 Å². The minimum Gasteiger partial charge on any atom is -0.482 e. The minimum absolute atomic E-state index is 0.00379. The third-order valence-electron chi connectivity index (χ3n) is 5.39. The highest BCUT2D eigenvalue weighted by atomic mass is 32.2. The number of carbonyl (C=O) groups is 2. The lowest BCUT2D eigenvalue weighted by molar-refractivity contribution is -0.121. The van der Waals surface area contributed by atoms with Crippen molar-refractivity contribution in [2.75, 3.05) is 18.1 Å². The molecule has 6 nitrogen and oxygen atoms in total. The molecule has 0 bridgehead atoms. The summed E-state index contributed by atoms with van der Waals surface area (Å²) in [7, 11) is 0. The summed E-state index contributed by atoms with van der Waals surface area (Å²) >= 11 is 6.28. The molecule has 1 fully saturated rings. The number of ether oxygens (including phenoxy) is 2. The van der Waals surface area contributed by atoms with Crippen molar-refractivity contribution in [2.24, 2.45) is 0 Å². The van der Waals surface area contributed by atoms with E-state index in [0.29, 0.717) is 33.6 Å². The third kappa shape index (κ3) is 4.98. The molecule has 1 N–H and O–H groups in total. The Bertz CT molecular complexity index is 1290. The number of hydrogen-bond acceptors (Lipinski definition) is 6. The number of fused-ring (bicyclic) bond motifs is 1. The Balaban J connectivity index is 1.30. The summed E-state index contributed by atoms with van der Waals surface area (Å²) in [4.78, 5) is 26.9. The molecular formula is C26H20N2O4S2. The number of nitrogens with zero attached hydrogens (tertiary/aromatic N) is 1. The standard InChI is InChI=1S/C26H20N2O4S2/c29-24-16-31-22-11-8-18(15-23-25(30)27-26(33)34-23)14-21(22)28(24)13-12-17-6-9-20(10-7-17)32-19-4-2-1-3-5-19/h1-11,14-15H,12-13,16H2,(H,27,30,33)/b23-15+. The SMILES string of the molecule is O=C1NC(=S)S/C1=C/c1ccc2c(c1)N(CCc1ccc(Oc3ccccc3)cc1)C(=O)CO2. The Kier molecular flexibility index (Phi) is 6.33. The van der Waals surface area contributed by atoms with Crippen LogP contribution in [0, 0.1) is 0 Å². The smallest absolute Gasteiger partial charge is 0.265 e. The van der Waals surface area contributed by atoms with Gasteiger partial charge < -0.3 is 19.7 Å². The number of thioether (sulfide) groups is 1. The monoisotopic (exact) mass is 488 g/mol. The Morgan fingerprint density at radius 2 is 1.79 bits per heavy atom. The molecule has 0 radical (unpaired) electrons. The number of thiocarbonyl (C=S) groups is 1. The average molecular weight is 489 g/mol. The van der Waals surface area contributed by atoms with E-state index in [1.165, 1.54) is 11.8 Å². The topological polar surface area (TPSA) is 67.9 Å². The number of hydrogen-bond donors (Lipinski definition) is 1. The van der Waals surface area contributed by atoms with Gasteiger partial charge in [0.25, 0.3) is 11.8 Å². The Labute approximate surface area is 206 Å². The largest absolute Gasteiger partial charge is 0.482 e. The van der Waals surface area contributed by atoms with Gasteiger partial charge in [0.1, 0.15) is 21.6 Å². The van der Waals surface area contributed by atoms with Crippen molar-refractivity contribution in [2.45, 2.75) is 6.42 Å². The first-order valence-corrected chi connectivity index (χ1v) is 11.9. The molecular weight excluding hydrogens is 468 g/mol. The van der Waals surface area contributed by atoms with Crippen molar-refractivity contribution >= 4 is 51.9 Å².